The fourth-order valence-corrected chi connectivity index (χ4v) is 1.72. The van der Waals surface area contributed by atoms with Crippen LogP contribution in [0.25, 0.3) is 11.0 Å². The highest BCUT2D eigenvalue weighted by Gasteiger charge is 2.12. The summed E-state index contributed by atoms with van der Waals surface area (Å²) < 4.78 is 9.87. The van der Waals surface area contributed by atoms with E-state index < -0.39 is 11.7 Å². The molecule has 0 aliphatic rings. The Hall–Kier alpha value is -2.63. The molecule has 6 nitrogen and oxygen atoms in total. The number of ether oxygens (including phenoxy) is 1. The number of para-hydroxylation sites is 1. The lowest BCUT2D eigenvalue weighted by molar-refractivity contribution is 0.156. The summed E-state index contributed by atoms with van der Waals surface area (Å²) in [6.45, 7) is 2.24. The van der Waals surface area contributed by atoms with Gasteiger partial charge in [-0.2, -0.15) is 4.99 Å². The quantitative estimate of drug-likeness (QED) is 0.531. The lowest BCUT2D eigenvalue weighted by Gasteiger charge is -2.02. The van der Waals surface area contributed by atoms with Crippen LogP contribution in [0.3, 0.4) is 0 Å². The SMILES string of the molecule is CCCCOC(=O)/N=C/c1c(O)c2ccccc2oc1=O. The molecular formula is C15H15NO5. The minimum absolute atomic E-state index is 0.179. The molecule has 0 fully saturated rings. The van der Waals surface area contributed by atoms with Crippen molar-refractivity contribution < 1.29 is 19.1 Å². The predicted molar refractivity (Wildman–Crippen MR) is 78.0 cm³/mol. The summed E-state index contributed by atoms with van der Waals surface area (Å²) >= 11 is 0. The van der Waals surface area contributed by atoms with E-state index in [9.17, 15) is 14.7 Å². The predicted octanol–water partition coefficient (Wildman–Crippen LogP) is 2.85. The van der Waals surface area contributed by atoms with Crippen molar-refractivity contribution in [3.8, 4) is 5.75 Å². The Morgan fingerprint density at radius 3 is 2.95 bits per heavy atom. The van der Waals surface area contributed by atoms with Crippen molar-refractivity contribution in [3.05, 3.63) is 40.2 Å². The Balaban J connectivity index is 2.26. The van der Waals surface area contributed by atoms with Crippen LogP contribution in [0.4, 0.5) is 4.79 Å². The van der Waals surface area contributed by atoms with E-state index >= 15 is 0 Å². The number of rotatable bonds is 4. The topological polar surface area (TPSA) is 89.1 Å². The van der Waals surface area contributed by atoms with E-state index in [0.29, 0.717) is 5.39 Å². The van der Waals surface area contributed by atoms with Gasteiger partial charge in [0.2, 0.25) is 0 Å². The van der Waals surface area contributed by atoms with Crippen LogP contribution in [0.1, 0.15) is 25.3 Å². The third-order valence-electron chi connectivity index (χ3n) is 2.84. The third-order valence-corrected chi connectivity index (χ3v) is 2.84. The summed E-state index contributed by atoms with van der Waals surface area (Å²) in [5.74, 6) is -0.271. The van der Waals surface area contributed by atoms with Gasteiger partial charge >= 0.3 is 11.7 Å². The Bertz CT molecular complexity index is 732. The minimum atomic E-state index is -0.810. The van der Waals surface area contributed by atoms with Crippen LogP contribution < -0.4 is 5.63 Å². The fourth-order valence-electron chi connectivity index (χ4n) is 1.72. The zero-order chi connectivity index (χ0) is 15.2. The molecule has 0 aliphatic heterocycles. The number of hydrogen-bond donors (Lipinski definition) is 1. The van der Waals surface area contributed by atoms with Crippen molar-refractivity contribution in [1.29, 1.82) is 0 Å². The van der Waals surface area contributed by atoms with Gasteiger partial charge in [-0.1, -0.05) is 25.5 Å². The normalized spacial score (nSPS) is 11.1. The van der Waals surface area contributed by atoms with E-state index in [1.54, 1.807) is 24.3 Å². The number of benzene rings is 1. The van der Waals surface area contributed by atoms with Crippen molar-refractivity contribution in [2.45, 2.75) is 19.8 Å². The maximum atomic E-state index is 11.8. The first-order chi connectivity index (χ1) is 10.1. The summed E-state index contributed by atoms with van der Waals surface area (Å²) in [5.41, 5.74) is -0.680. The molecule has 1 heterocycles. The molecule has 6 heteroatoms. The molecule has 110 valence electrons. The Kier molecular flexibility index (Phi) is 4.71. The molecule has 2 rings (SSSR count). The number of aliphatic imine (C=N–C) groups is 1. The van der Waals surface area contributed by atoms with E-state index in [1.165, 1.54) is 0 Å². The Labute approximate surface area is 120 Å². The van der Waals surface area contributed by atoms with Gasteiger partial charge < -0.3 is 14.3 Å². The van der Waals surface area contributed by atoms with Gasteiger partial charge in [0, 0.05) is 0 Å². The van der Waals surface area contributed by atoms with Crippen LogP contribution in [0, 0.1) is 0 Å². The van der Waals surface area contributed by atoms with Crippen LogP contribution in [0.2, 0.25) is 0 Å². The van der Waals surface area contributed by atoms with Gasteiger partial charge in [0.1, 0.15) is 16.9 Å². The number of fused-ring (bicyclic) bond motifs is 1. The van der Waals surface area contributed by atoms with Gasteiger partial charge in [0.15, 0.2) is 0 Å². The number of unbranched alkanes of at least 4 members (excludes halogenated alkanes) is 1. The lowest BCUT2D eigenvalue weighted by atomic mass is 10.1. The second-order valence-corrected chi connectivity index (χ2v) is 4.37. The molecule has 0 aliphatic carbocycles. The number of amides is 1. The smallest absolute Gasteiger partial charge is 0.433 e. The molecule has 0 radical (unpaired) electrons. The number of aromatic hydroxyl groups is 1. The summed E-state index contributed by atoms with van der Waals surface area (Å²) in [4.78, 5) is 26.6. The summed E-state index contributed by atoms with van der Waals surface area (Å²) in [5, 5.41) is 10.4. The zero-order valence-electron chi connectivity index (χ0n) is 11.5. The summed E-state index contributed by atoms with van der Waals surface area (Å²) in [6.07, 6.45) is 1.79. The third kappa shape index (κ3) is 3.47. The highest BCUT2D eigenvalue weighted by molar-refractivity contribution is 5.96. The van der Waals surface area contributed by atoms with E-state index in [1.807, 2.05) is 6.92 Å². The Morgan fingerprint density at radius 2 is 2.19 bits per heavy atom. The molecule has 0 bridgehead atoms. The van der Waals surface area contributed by atoms with Crippen LogP contribution in [-0.2, 0) is 4.74 Å². The van der Waals surface area contributed by atoms with Gasteiger partial charge in [-0.05, 0) is 18.6 Å². The fraction of sp³-hybridized carbons (Fsp3) is 0.267. The zero-order valence-corrected chi connectivity index (χ0v) is 11.5. The number of carbonyl (C=O) groups is 1. The molecule has 0 unspecified atom stereocenters. The van der Waals surface area contributed by atoms with Crippen molar-refractivity contribution in [1.82, 2.24) is 0 Å². The second-order valence-electron chi connectivity index (χ2n) is 4.37. The molecule has 1 aromatic carbocycles. The van der Waals surface area contributed by atoms with Gasteiger partial charge in [-0.25, -0.2) is 9.59 Å². The van der Waals surface area contributed by atoms with Crippen LogP contribution >= 0.6 is 0 Å². The Morgan fingerprint density at radius 1 is 1.43 bits per heavy atom. The standard InChI is InChI=1S/C15H15NO5/c1-2-3-8-20-15(19)16-9-11-13(17)10-6-4-5-7-12(10)21-14(11)18/h4-7,9,17H,2-3,8H2,1H3/b16-9+. The largest absolute Gasteiger partial charge is 0.506 e. The van der Waals surface area contributed by atoms with Gasteiger partial charge in [0.25, 0.3) is 0 Å². The lowest BCUT2D eigenvalue weighted by Crippen LogP contribution is -2.08. The highest BCUT2D eigenvalue weighted by atomic mass is 16.5. The van der Waals surface area contributed by atoms with Gasteiger partial charge in [0.05, 0.1) is 18.2 Å². The minimum Gasteiger partial charge on any atom is -0.506 e. The second kappa shape index (κ2) is 6.69. The van der Waals surface area contributed by atoms with Crippen LogP contribution in [-0.4, -0.2) is 24.0 Å². The van der Waals surface area contributed by atoms with E-state index in [4.69, 9.17) is 9.15 Å². The molecule has 1 aromatic heterocycles. The van der Waals surface area contributed by atoms with Gasteiger partial charge in [-0.15, -0.1) is 0 Å². The maximum Gasteiger partial charge on any atom is 0.433 e. The number of carbonyl (C=O) groups excluding carboxylic acids is 1. The first kappa shape index (κ1) is 14.8. The summed E-state index contributed by atoms with van der Waals surface area (Å²) in [6, 6.07) is 6.55. The molecule has 21 heavy (non-hydrogen) atoms. The number of nitrogens with zero attached hydrogens (tertiary/aromatic N) is 1. The highest BCUT2D eigenvalue weighted by Crippen LogP contribution is 2.24. The van der Waals surface area contributed by atoms with Gasteiger partial charge in [-0.3, -0.25) is 0 Å². The first-order valence-electron chi connectivity index (χ1n) is 6.59. The van der Waals surface area contributed by atoms with Crippen molar-refractivity contribution in [2.75, 3.05) is 6.61 Å². The van der Waals surface area contributed by atoms with Crippen LogP contribution in [0.15, 0.2) is 38.5 Å². The van der Waals surface area contributed by atoms with E-state index in [0.717, 1.165) is 19.1 Å². The first-order valence-corrected chi connectivity index (χ1v) is 6.59. The molecular weight excluding hydrogens is 274 g/mol. The molecule has 0 saturated heterocycles. The molecule has 1 amide bonds. The molecule has 0 spiro atoms. The van der Waals surface area contributed by atoms with Crippen LogP contribution in [0.5, 0.6) is 5.75 Å². The molecule has 0 atom stereocenters. The molecule has 1 N–H and O–H groups in total. The average Bonchev–Trinajstić information content (AvgIpc) is 2.47. The monoisotopic (exact) mass is 289 g/mol. The molecule has 2 aromatic rings. The van der Waals surface area contributed by atoms with Crippen molar-refractivity contribution >= 4 is 23.3 Å². The van der Waals surface area contributed by atoms with Crippen molar-refractivity contribution in [3.63, 3.8) is 0 Å². The summed E-state index contributed by atoms with van der Waals surface area (Å²) in [7, 11) is 0. The van der Waals surface area contributed by atoms with E-state index in [-0.39, 0.29) is 23.5 Å². The van der Waals surface area contributed by atoms with E-state index in [2.05, 4.69) is 4.99 Å². The maximum absolute atomic E-state index is 11.8. The molecule has 0 saturated carbocycles. The number of hydrogen-bond acceptors (Lipinski definition) is 5. The average molecular weight is 289 g/mol. The van der Waals surface area contributed by atoms with Crippen molar-refractivity contribution in [2.24, 2.45) is 4.99 Å².